The first-order valence-electron chi connectivity index (χ1n) is 13.2. The quantitative estimate of drug-likeness (QED) is 0.162. The molecule has 0 atom stereocenters. The van der Waals surface area contributed by atoms with Crippen LogP contribution in [0.25, 0.3) is 21.7 Å². The van der Waals surface area contributed by atoms with Crippen LogP contribution in [0, 0.1) is 18.3 Å². The molecule has 0 aliphatic heterocycles. The Bertz CT molecular complexity index is 1340. The molecule has 0 aliphatic carbocycles. The molecule has 2 aromatic heterocycles. The van der Waals surface area contributed by atoms with Crippen molar-refractivity contribution in [2.75, 3.05) is 18.4 Å². The lowest BCUT2D eigenvalue weighted by atomic mass is 10.0. The van der Waals surface area contributed by atoms with Crippen molar-refractivity contribution in [3.05, 3.63) is 77.1 Å². The molecule has 5 heteroatoms. The number of nitrogens with zero attached hydrogens (tertiary/aromatic N) is 3. The molecule has 36 heavy (non-hydrogen) atoms. The number of hydrogen-bond donors (Lipinski definition) is 2. The molecule has 2 aromatic carbocycles. The van der Waals surface area contributed by atoms with Crippen LogP contribution in [0.4, 0.5) is 5.82 Å². The van der Waals surface area contributed by atoms with Gasteiger partial charge < -0.3 is 10.6 Å². The van der Waals surface area contributed by atoms with Crippen LogP contribution in [0.2, 0.25) is 0 Å². The first-order chi connectivity index (χ1) is 17.7. The van der Waals surface area contributed by atoms with Crippen LogP contribution < -0.4 is 10.6 Å². The van der Waals surface area contributed by atoms with E-state index in [0.717, 1.165) is 65.5 Å². The summed E-state index contributed by atoms with van der Waals surface area (Å²) in [5.74, 6) is 0.958. The second-order valence-corrected chi connectivity index (χ2v) is 9.62. The number of hydrogen-bond acceptors (Lipinski definition) is 5. The zero-order chi connectivity index (χ0) is 25.2. The van der Waals surface area contributed by atoms with Crippen molar-refractivity contribution >= 4 is 27.5 Å². The van der Waals surface area contributed by atoms with E-state index in [9.17, 15) is 0 Å². The highest BCUT2D eigenvalue weighted by Gasteiger charge is 2.08. The molecule has 4 aromatic rings. The third-order valence-corrected chi connectivity index (χ3v) is 6.71. The number of benzene rings is 2. The van der Waals surface area contributed by atoms with Crippen LogP contribution in [0.3, 0.4) is 0 Å². The summed E-state index contributed by atoms with van der Waals surface area (Å²) in [6.07, 6.45) is 11.3. The van der Waals surface area contributed by atoms with Gasteiger partial charge in [-0.15, -0.1) is 0 Å². The smallest absolute Gasteiger partial charge is 0.134 e. The predicted molar refractivity (Wildman–Crippen MR) is 150 cm³/mol. The number of anilines is 1. The van der Waals surface area contributed by atoms with Gasteiger partial charge in [0.1, 0.15) is 5.82 Å². The lowest BCUT2D eigenvalue weighted by molar-refractivity contribution is 0.579. The standard InChI is InChI=1S/C31H37N5/c1-3-24-18-25(11-13-32)20-26(19-24)21-33-14-7-5-4-6-8-15-35-31-28-12-16-34-22-29(28)27-10-9-23(2)17-30(27)36-31/h9-10,12,16-20,22,33H,3-8,11,14-15,21H2,1-2H3,(H,35,36). The summed E-state index contributed by atoms with van der Waals surface area (Å²) >= 11 is 0. The molecule has 4 rings (SSSR count). The van der Waals surface area contributed by atoms with Gasteiger partial charge in [0.05, 0.1) is 18.0 Å². The number of nitrogens with one attached hydrogen (secondary N) is 2. The number of fused-ring (bicyclic) bond motifs is 3. The summed E-state index contributed by atoms with van der Waals surface area (Å²) in [6.45, 7) is 7.10. The molecule has 0 aliphatic rings. The molecule has 0 unspecified atom stereocenters. The van der Waals surface area contributed by atoms with Gasteiger partial charge in [-0.05, 0) is 67.1 Å². The Morgan fingerprint density at radius 3 is 2.44 bits per heavy atom. The minimum Gasteiger partial charge on any atom is -0.370 e. The molecular weight excluding hydrogens is 442 g/mol. The van der Waals surface area contributed by atoms with Crippen LogP contribution in [-0.4, -0.2) is 23.1 Å². The highest BCUT2D eigenvalue weighted by molar-refractivity contribution is 6.09. The van der Waals surface area contributed by atoms with Gasteiger partial charge in [0.25, 0.3) is 0 Å². The molecule has 2 heterocycles. The summed E-state index contributed by atoms with van der Waals surface area (Å²) < 4.78 is 0. The van der Waals surface area contributed by atoms with Crippen molar-refractivity contribution in [2.24, 2.45) is 0 Å². The second-order valence-electron chi connectivity index (χ2n) is 9.62. The fourth-order valence-corrected chi connectivity index (χ4v) is 4.78. The van der Waals surface area contributed by atoms with Crippen LogP contribution in [0.5, 0.6) is 0 Å². The van der Waals surface area contributed by atoms with Gasteiger partial charge in [-0.3, -0.25) is 4.98 Å². The zero-order valence-electron chi connectivity index (χ0n) is 21.6. The van der Waals surface area contributed by atoms with Crippen LogP contribution in [0.1, 0.15) is 61.3 Å². The molecule has 0 bridgehead atoms. The first-order valence-corrected chi connectivity index (χ1v) is 13.2. The van der Waals surface area contributed by atoms with E-state index in [4.69, 9.17) is 10.2 Å². The highest BCUT2D eigenvalue weighted by Crippen LogP contribution is 2.29. The van der Waals surface area contributed by atoms with Crippen molar-refractivity contribution in [1.82, 2.24) is 15.3 Å². The molecule has 186 valence electrons. The van der Waals surface area contributed by atoms with E-state index >= 15 is 0 Å². The van der Waals surface area contributed by atoms with Crippen LogP contribution in [-0.2, 0) is 19.4 Å². The maximum absolute atomic E-state index is 9.00. The second kappa shape index (κ2) is 13.0. The highest BCUT2D eigenvalue weighted by atomic mass is 15.0. The normalized spacial score (nSPS) is 11.1. The van der Waals surface area contributed by atoms with Gasteiger partial charge in [0, 0.05) is 41.6 Å². The van der Waals surface area contributed by atoms with Crippen molar-refractivity contribution in [3.8, 4) is 6.07 Å². The van der Waals surface area contributed by atoms with Crippen molar-refractivity contribution in [1.29, 1.82) is 5.26 Å². The number of aryl methyl sites for hydroxylation is 2. The summed E-state index contributed by atoms with van der Waals surface area (Å²) in [7, 11) is 0. The monoisotopic (exact) mass is 479 g/mol. The lowest BCUT2D eigenvalue weighted by Crippen LogP contribution is -2.15. The first kappa shape index (κ1) is 25.6. The fourth-order valence-electron chi connectivity index (χ4n) is 4.78. The average Bonchev–Trinajstić information content (AvgIpc) is 2.89. The van der Waals surface area contributed by atoms with Gasteiger partial charge in [0.15, 0.2) is 0 Å². The number of rotatable bonds is 13. The SMILES string of the molecule is CCc1cc(CC#N)cc(CNCCCCCCCNc2nc3cc(C)ccc3c3cnccc23)c1. The molecular formula is C31H37N5. The Kier molecular flexibility index (Phi) is 9.24. The Balaban J connectivity index is 1.16. The van der Waals surface area contributed by atoms with Gasteiger partial charge >= 0.3 is 0 Å². The Morgan fingerprint density at radius 1 is 0.833 bits per heavy atom. The van der Waals surface area contributed by atoms with Crippen LogP contribution in [0.15, 0.2) is 54.9 Å². The predicted octanol–water partition coefficient (Wildman–Crippen LogP) is 6.87. The topological polar surface area (TPSA) is 73.6 Å². The molecule has 0 spiro atoms. The van der Waals surface area contributed by atoms with E-state index < -0.39 is 0 Å². The van der Waals surface area contributed by atoms with Crippen molar-refractivity contribution in [2.45, 2.75) is 65.3 Å². The Labute approximate surface area is 215 Å². The molecule has 2 N–H and O–H groups in total. The van der Waals surface area contributed by atoms with E-state index in [0.29, 0.717) is 6.42 Å². The average molecular weight is 480 g/mol. The Morgan fingerprint density at radius 2 is 1.61 bits per heavy atom. The number of aromatic nitrogens is 2. The van der Waals surface area contributed by atoms with Gasteiger partial charge in [-0.25, -0.2) is 4.98 Å². The van der Waals surface area contributed by atoms with E-state index in [1.807, 2.05) is 12.4 Å². The van der Waals surface area contributed by atoms with Crippen molar-refractivity contribution < 1.29 is 0 Å². The molecule has 0 amide bonds. The summed E-state index contributed by atoms with van der Waals surface area (Å²) in [5.41, 5.74) is 5.96. The fraction of sp³-hybridized carbons (Fsp3) is 0.387. The van der Waals surface area contributed by atoms with Gasteiger partial charge in [-0.2, -0.15) is 5.26 Å². The Hall–Kier alpha value is -3.49. The minimum atomic E-state index is 0.486. The molecule has 0 radical (unpaired) electrons. The third-order valence-electron chi connectivity index (χ3n) is 6.71. The molecule has 0 fully saturated rings. The zero-order valence-corrected chi connectivity index (χ0v) is 21.6. The lowest BCUT2D eigenvalue weighted by Gasteiger charge is -2.12. The van der Waals surface area contributed by atoms with Gasteiger partial charge in [0.2, 0.25) is 0 Å². The largest absolute Gasteiger partial charge is 0.370 e. The number of nitriles is 1. The van der Waals surface area contributed by atoms with E-state index in [1.54, 1.807) is 0 Å². The maximum Gasteiger partial charge on any atom is 0.134 e. The third kappa shape index (κ3) is 6.80. The van der Waals surface area contributed by atoms with E-state index in [-0.39, 0.29) is 0 Å². The summed E-state index contributed by atoms with van der Waals surface area (Å²) in [5, 5.41) is 19.6. The van der Waals surface area contributed by atoms with E-state index in [1.165, 1.54) is 42.4 Å². The maximum atomic E-state index is 9.00. The molecule has 5 nitrogen and oxygen atoms in total. The van der Waals surface area contributed by atoms with Gasteiger partial charge in [-0.1, -0.05) is 56.5 Å². The van der Waals surface area contributed by atoms with Crippen molar-refractivity contribution in [3.63, 3.8) is 0 Å². The molecule has 0 saturated carbocycles. The summed E-state index contributed by atoms with van der Waals surface area (Å²) in [6, 6.07) is 17.3. The number of pyridine rings is 2. The minimum absolute atomic E-state index is 0.486. The summed E-state index contributed by atoms with van der Waals surface area (Å²) in [4.78, 5) is 9.26. The number of unbranched alkanes of at least 4 members (excludes halogenated alkanes) is 4. The van der Waals surface area contributed by atoms with E-state index in [2.05, 4.69) is 78.0 Å². The molecule has 0 saturated heterocycles. The van der Waals surface area contributed by atoms with Crippen LogP contribution >= 0.6 is 0 Å².